The van der Waals surface area contributed by atoms with E-state index in [0.717, 1.165) is 5.56 Å². The van der Waals surface area contributed by atoms with Gasteiger partial charge in [-0.05, 0) is 42.2 Å². The molecule has 0 heterocycles. The van der Waals surface area contributed by atoms with E-state index in [1.54, 1.807) is 12.1 Å². The molecule has 0 unspecified atom stereocenters. The van der Waals surface area contributed by atoms with Gasteiger partial charge in [-0.25, -0.2) is 13.6 Å². The van der Waals surface area contributed by atoms with Gasteiger partial charge < -0.3 is 5.32 Å². The maximum atomic E-state index is 11.9. The number of rotatable bonds is 6. The molecule has 0 aliphatic rings. The van der Waals surface area contributed by atoms with E-state index in [-0.39, 0.29) is 10.8 Å². The number of nitrogens with one attached hydrogen (secondary N) is 1. The maximum absolute atomic E-state index is 11.9. The second-order valence-corrected chi connectivity index (χ2v) is 6.95. The Kier molecular flexibility index (Phi) is 5.52. The van der Waals surface area contributed by atoms with Gasteiger partial charge >= 0.3 is 0 Å². The van der Waals surface area contributed by atoms with Gasteiger partial charge in [0.2, 0.25) is 15.9 Å². The highest BCUT2D eigenvalue weighted by Gasteiger charge is 2.07. The number of aryl methyl sites for hydroxylation is 2. The normalized spacial score (nSPS) is 11.2. The zero-order chi connectivity index (χ0) is 16.9. The first-order valence-corrected chi connectivity index (χ1v) is 8.84. The van der Waals surface area contributed by atoms with E-state index >= 15 is 0 Å². The van der Waals surface area contributed by atoms with E-state index in [1.807, 2.05) is 31.2 Å². The number of carbonyl (C=O) groups excluding carboxylic acids is 1. The highest BCUT2D eigenvalue weighted by molar-refractivity contribution is 7.89. The maximum Gasteiger partial charge on any atom is 0.238 e. The molecule has 2 rings (SSSR count). The van der Waals surface area contributed by atoms with Gasteiger partial charge in [0, 0.05) is 13.0 Å². The van der Waals surface area contributed by atoms with Gasteiger partial charge in [-0.1, -0.05) is 36.4 Å². The Balaban J connectivity index is 1.84. The van der Waals surface area contributed by atoms with E-state index in [2.05, 4.69) is 5.32 Å². The molecule has 0 saturated heterocycles. The molecule has 0 aliphatic carbocycles. The fourth-order valence-electron chi connectivity index (χ4n) is 2.22. The largest absolute Gasteiger partial charge is 0.352 e. The number of amides is 1. The molecule has 3 N–H and O–H groups in total. The minimum absolute atomic E-state index is 0.0382. The Labute approximate surface area is 136 Å². The molecule has 0 aromatic heterocycles. The standard InChI is InChI=1S/C17H20N2O3S/c1-13-4-2-3-5-15(13)8-11-17(20)19-12-14-6-9-16(10-7-14)23(18,21)22/h2-7,9-10H,8,11-12H2,1H3,(H,19,20)(H2,18,21,22). The van der Waals surface area contributed by atoms with Crippen LogP contribution in [0.25, 0.3) is 0 Å². The highest BCUT2D eigenvalue weighted by atomic mass is 32.2. The van der Waals surface area contributed by atoms with Crippen molar-refractivity contribution >= 4 is 15.9 Å². The van der Waals surface area contributed by atoms with Crippen molar-refractivity contribution in [2.45, 2.75) is 31.2 Å². The van der Waals surface area contributed by atoms with Crippen molar-refractivity contribution in [2.24, 2.45) is 5.14 Å². The molecule has 0 fully saturated rings. The quantitative estimate of drug-likeness (QED) is 0.846. The second-order valence-electron chi connectivity index (χ2n) is 5.39. The van der Waals surface area contributed by atoms with Crippen molar-refractivity contribution in [3.8, 4) is 0 Å². The first-order chi connectivity index (χ1) is 10.9. The van der Waals surface area contributed by atoms with Crippen LogP contribution >= 0.6 is 0 Å². The molecule has 0 radical (unpaired) electrons. The predicted molar refractivity (Wildman–Crippen MR) is 89.2 cm³/mol. The molecule has 2 aromatic rings. The van der Waals surface area contributed by atoms with Crippen LogP contribution < -0.4 is 10.5 Å². The summed E-state index contributed by atoms with van der Waals surface area (Å²) in [6.45, 7) is 2.39. The van der Waals surface area contributed by atoms with Crippen LogP contribution in [0.15, 0.2) is 53.4 Å². The number of nitrogens with two attached hydrogens (primary N) is 1. The molecular weight excluding hydrogens is 312 g/mol. The highest BCUT2D eigenvalue weighted by Crippen LogP contribution is 2.10. The molecule has 1 amide bonds. The fourth-order valence-corrected chi connectivity index (χ4v) is 2.74. The lowest BCUT2D eigenvalue weighted by atomic mass is 10.0. The summed E-state index contributed by atoms with van der Waals surface area (Å²) in [5, 5.41) is 7.87. The van der Waals surface area contributed by atoms with Crippen LogP contribution in [0.2, 0.25) is 0 Å². The average molecular weight is 332 g/mol. The Morgan fingerprint density at radius 3 is 2.35 bits per heavy atom. The molecule has 5 nitrogen and oxygen atoms in total. The van der Waals surface area contributed by atoms with Gasteiger partial charge in [0.05, 0.1) is 4.90 Å². The molecule has 0 atom stereocenters. The van der Waals surface area contributed by atoms with Crippen molar-refractivity contribution in [1.82, 2.24) is 5.32 Å². The minimum atomic E-state index is -3.68. The number of benzene rings is 2. The van der Waals surface area contributed by atoms with Crippen LogP contribution in [0.5, 0.6) is 0 Å². The van der Waals surface area contributed by atoms with Crippen LogP contribution in [0.4, 0.5) is 0 Å². The summed E-state index contributed by atoms with van der Waals surface area (Å²) in [4.78, 5) is 12.0. The van der Waals surface area contributed by atoms with E-state index in [4.69, 9.17) is 5.14 Å². The third-order valence-corrected chi connectivity index (χ3v) is 4.55. The Morgan fingerprint density at radius 1 is 1.09 bits per heavy atom. The summed E-state index contributed by atoms with van der Waals surface area (Å²) < 4.78 is 22.3. The van der Waals surface area contributed by atoms with Gasteiger partial charge in [-0.2, -0.15) is 0 Å². The lowest BCUT2D eigenvalue weighted by Crippen LogP contribution is -2.23. The SMILES string of the molecule is Cc1ccccc1CCC(=O)NCc1ccc(S(N)(=O)=O)cc1. The molecule has 0 saturated carbocycles. The predicted octanol–water partition coefficient (Wildman–Crippen LogP) is 1.89. The van der Waals surface area contributed by atoms with Crippen molar-refractivity contribution in [1.29, 1.82) is 0 Å². The van der Waals surface area contributed by atoms with Crippen LogP contribution in [-0.2, 0) is 27.8 Å². The summed E-state index contributed by atoms with van der Waals surface area (Å²) in [6.07, 6.45) is 1.11. The molecule has 23 heavy (non-hydrogen) atoms. The Hall–Kier alpha value is -2.18. The van der Waals surface area contributed by atoms with Gasteiger partial charge in [-0.3, -0.25) is 4.79 Å². The van der Waals surface area contributed by atoms with Gasteiger partial charge in [0.25, 0.3) is 0 Å². The second kappa shape index (κ2) is 7.39. The fraction of sp³-hybridized carbons (Fsp3) is 0.235. The van der Waals surface area contributed by atoms with E-state index in [1.165, 1.54) is 23.3 Å². The number of primary sulfonamides is 1. The average Bonchev–Trinajstić information content (AvgIpc) is 2.51. The number of carbonyl (C=O) groups is 1. The lowest BCUT2D eigenvalue weighted by Gasteiger charge is -2.07. The molecule has 0 bridgehead atoms. The summed E-state index contributed by atoms with van der Waals surface area (Å²) in [6, 6.07) is 14.1. The van der Waals surface area contributed by atoms with Crippen LogP contribution in [0, 0.1) is 6.92 Å². The lowest BCUT2D eigenvalue weighted by molar-refractivity contribution is -0.121. The molecule has 2 aromatic carbocycles. The van der Waals surface area contributed by atoms with Gasteiger partial charge in [0.15, 0.2) is 0 Å². The van der Waals surface area contributed by atoms with Gasteiger partial charge in [-0.15, -0.1) is 0 Å². The number of sulfonamides is 1. The third kappa shape index (κ3) is 5.19. The molecule has 122 valence electrons. The topological polar surface area (TPSA) is 89.3 Å². The summed E-state index contributed by atoms with van der Waals surface area (Å²) in [5.41, 5.74) is 3.17. The summed E-state index contributed by atoms with van der Waals surface area (Å²) in [7, 11) is -3.68. The van der Waals surface area contributed by atoms with Crippen LogP contribution in [0.1, 0.15) is 23.1 Å². The van der Waals surface area contributed by atoms with E-state index in [0.29, 0.717) is 19.4 Å². The van der Waals surface area contributed by atoms with Crippen molar-refractivity contribution in [2.75, 3.05) is 0 Å². The third-order valence-electron chi connectivity index (χ3n) is 3.62. The summed E-state index contributed by atoms with van der Waals surface area (Å²) >= 11 is 0. The van der Waals surface area contributed by atoms with Gasteiger partial charge in [0.1, 0.15) is 0 Å². The summed E-state index contributed by atoms with van der Waals surface area (Å²) in [5.74, 6) is -0.0382. The molecule has 6 heteroatoms. The zero-order valence-corrected chi connectivity index (χ0v) is 13.8. The minimum Gasteiger partial charge on any atom is -0.352 e. The Morgan fingerprint density at radius 2 is 1.74 bits per heavy atom. The van der Waals surface area contributed by atoms with E-state index in [9.17, 15) is 13.2 Å². The van der Waals surface area contributed by atoms with E-state index < -0.39 is 10.0 Å². The van der Waals surface area contributed by atoms with Crippen molar-refractivity contribution < 1.29 is 13.2 Å². The Bertz CT molecular complexity index is 784. The first kappa shape index (κ1) is 17.2. The molecule has 0 aliphatic heterocycles. The molecular formula is C17H20N2O3S. The first-order valence-electron chi connectivity index (χ1n) is 7.29. The zero-order valence-electron chi connectivity index (χ0n) is 13.0. The van der Waals surface area contributed by atoms with Crippen LogP contribution in [-0.4, -0.2) is 14.3 Å². The smallest absolute Gasteiger partial charge is 0.238 e. The van der Waals surface area contributed by atoms with Crippen LogP contribution in [0.3, 0.4) is 0 Å². The number of hydrogen-bond acceptors (Lipinski definition) is 3. The number of hydrogen-bond donors (Lipinski definition) is 2. The molecule has 0 spiro atoms. The van der Waals surface area contributed by atoms with Crippen molar-refractivity contribution in [3.05, 3.63) is 65.2 Å². The monoisotopic (exact) mass is 332 g/mol. The van der Waals surface area contributed by atoms with Crippen molar-refractivity contribution in [3.63, 3.8) is 0 Å².